The third-order valence-electron chi connectivity index (χ3n) is 2.51. The van der Waals surface area contributed by atoms with Crippen molar-refractivity contribution in [3.05, 3.63) is 28.5 Å². The molecule has 0 aromatic carbocycles. The number of nitrogens with zero attached hydrogens (tertiary/aromatic N) is 1. The number of amides is 2. The number of aromatic nitrogens is 1. The number of carbonyl (C=O) groups is 2. The van der Waals surface area contributed by atoms with Gasteiger partial charge in [0, 0.05) is 24.9 Å². The predicted octanol–water partition coefficient (Wildman–Crippen LogP) is 0.790. The number of rotatable bonds is 7. The molecule has 0 unspecified atom stereocenters. The summed E-state index contributed by atoms with van der Waals surface area (Å²) < 4.78 is 4.80. The molecular formula is C13H18ClN3O3. The summed E-state index contributed by atoms with van der Waals surface area (Å²) in [6.45, 7) is 2.67. The van der Waals surface area contributed by atoms with Gasteiger partial charge in [-0.25, -0.2) is 4.98 Å². The Bertz CT molecular complexity index is 480. The van der Waals surface area contributed by atoms with Crippen LogP contribution in [0.3, 0.4) is 0 Å². The molecular weight excluding hydrogens is 282 g/mol. The molecule has 0 aliphatic rings. The summed E-state index contributed by atoms with van der Waals surface area (Å²) in [6.07, 6.45) is 0.679. The van der Waals surface area contributed by atoms with Gasteiger partial charge in [0.2, 0.25) is 5.91 Å². The van der Waals surface area contributed by atoms with E-state index in [2.05, 4.69) is 15.6 Å². The number of methoxy groups -OCH3 is 1. The molecule has 0 aliphatic carbocycles. The first-order valence-electron chi connectivity index (χ1n) is 6.27. The fraction of sp³-hybridized carbons (Fsp3) is 0.462. The largest absolute Gasteiger partial charge is 0.383 e. The molecule has 1 rings (SSSR count). The molecule has 0 aliphatic heterocycles. The summed E-state index contributed by atoms with van der Waals surface area (Å²) >= 11 is 5.84. The topological polar surface area (TPSA) is 80.3 Å². The Balaban J connectivity index is 2.50. The number of aryl methyl sites for hydroxylation is 1. The molecule has 1 heterocycles. The Morgan fingerprint density at radius 2 is 2.10 bits per heavy atom. The second-order valence-electron chi connectivity index (χ2n) is 4.05. The molecule has 2 amide bonds. The van der Waals surface area contributed by atoms with E-state index in [1.165, 1.54) is 6.07 Å². The van der Waals surface area contributed by atoms with Crippen molar-refractivity contribution >= 4 is 23.4 Å². The van der Waals surface area contributed by atoms with Crippen molar-refractivity contribution in [1.82, 2.24) is 15.6 Å². The van der Waals surface area contributed by atoms with Gasteiger partial charge in [-0.2, -0.15) is 0 Å². The van der Waals surface area contributed by atoms with Gasteiger partial charge in [0.15, 0.2) is 0 Å². The summed E-state index contributed by atoms with van der Waals surface area (Å²) in [5.74, 6) is -0.628. The zero-order valence-corrected chi connectivity index (χ0v) is 12.3. The average Bonchev–Trinajstić information content (AvgIpc) is 2.44. The van der Waals surface area contributed by atoms with Crippen LogP contribution >= 0.6 is 11.6 Å². The van der Waals surface area contributed by atoms with Gasteiger partial charge in [-0.15, -0.1) is 0 Å². The van der Waals surface area contributed by atoms with Crippen LogP contribution in [0.15, 0.2) is 12.1 Å². The minimum absolute atomic E-state index is 0.0933. The maximum atomic E-state index is 11.9. The zero-order chi connectivity index (χ0) is 15.0. The van der Waals surface area contributed by atoms with E-state index >= 15 is 0 Å². The lowest BCUT2D eigenvalue weighted by atomic mass is 10.2. The number of carbonyl (C=O) groups excluding carboxylic acids is 2. The van der Waals surface area contributed by atoms with Gasteiger partial charge in [-0.05, 0) is 18.6 Å². The van der Waals surface area contributed by atoms with Crippen LogP contribution in [-0.2, 0) is 16.0 Å². The van der Waals surface area contributed by atoms with E-state index in [9.17, 15) is 9.59 Å². The van der Waals surface area contributed by atoms with Crippen molar-refractivity contribution in [1.29, 1.82) is 0 Å². The van der Waals surface area contributed by atoms with Gasteiger partial charge >= 0.3 is 0 Å². The lowest BCUT2D eigenvalue weighted by Crippen LogP contribution is -2.38. The van der Waals surface area contributed by atoms with Gasteiger partial charge in [0.1, 0.15) is 5.15 Å². The molecule has 2 N–H and O–H groups in total. The number of pyridine rings is 1. The SMILES string of the molecule is CCc1cc(C(=O)NCC(=O)NCCOC)cc(Cl)n1. The highest BCUT2D eigenvalue weighted by atomic mass is 35.5. The molecule has 20 heavy (non-hydrogen) atoms. The Morgan fingerprint density at radius 3 is 2.75 bits per heavy atom. The second-order valence-corrected chi connectivity index (χ2v) is 4.44. The van der Waals surface area contributed by atoms with Crippen molar-refractivity contribution in [2.45, 2.75) is 13.3 Å². The van der Waals surface area contributed by atoms with Crippen molar-refractivity contribution in [2.75, 3.05) is 26.8 Å². The first kappa shape index (κ1) is 16.4. The fourth-order valence-corrected chi connectivity index (χ4v) is 1.71. The van der Waals surface area contributed by atoms with Gasteiger partial charge in [0.25, 0.3) is 5.91 Å². The molecule has 0 spiro atoms. The third-order valence-corrected chi connectivity index (χ3v) is 2.70. The second kappa shape index (κ2) is 8.50. The van der Waals surface area contributed by atoms with Crippen LogP contribution in [0, 0.1) is 0 Å². The van der Waals surface area contributed by atoms with Crippen LogP contribution in [0.1, 0.15) is 23.0 Å². The highest BCUT2D eigenvalue weighted by Gasteiger charge is 2.10. The summed E-state index contributed by atoms with van der Waals surface area (Å²) in [5.41, 5.74) is 1.12. The molecule has 0 radical (unpaired) electrons. The molecule has 1 aromatic rings. The van der Waals surface area contributed by atoms with E-state index in [1.807, 2.05) is 6.92 Å². The monoisotopic (exact) mass is 299 g/mol. The van der Waals surface area contributed by atoms with Crippen LogP contribution in [0.4, 0.5) is 0 Å². The van der Waals surface area contributed by atoms with Crippen LogP contribution < -0.4 is 10.6 Å². The van der Waals surface area contributed by atoms with Crippen LogP contribution in [-0.4, -0.2) is 43.6 Å². The van der Waals surface area contributed by atoms with Gasteiger partial charge in [-0.1, -0.05) is 18.5 Å². The van der Waals surface area contributed by atoms with Crippen molar-refractivity contribution in [3.63, 3.8) is 0 Å². The van der Waals surface area contributed by atoms with E-state index in [0.717, 1.165) is 5.69 Å². The van der Waals surface area contributed by atoms with Gasteiger partial charge < -0.3 is 15.4 Å². The average molecular weight is 300 g/mol. The first-order chi connectivity index (χ1) is 9.56. The lowest BCUT2D eigenvalue weighted by Gasteiger charge is -2.07. The number of nitrogens with one attached hydrogen (secondary N) is 2. The Morgan fingerprint density at radius 1 is 1.35 bits per heavy atom. The minimum atomic E-state index is -0.356. The summed E-state index contributed by atoms with van der Waals surface area (Å²) in [4.78, 5) is 27.4. The number of halogens is 1. The van der Waals surface area contributed by atoms with E-state index in [1.54, 1.807) is 13.2 Å². The third kappa shape index (κ3) is 5.54. The van der Waals surface area contributed by atoms with Crippen molar-refractivity contribution in [2.24, 2.45) is 0 Å². The van der Waals surface area contributed by atoms with Crippen molar-refractivity contribution < 1.29 is 14.3 Å². The maximum Gasteiger partial charge on any atom is 0.251 e. The number of ether oxygens (including phenoxy) is 1. The van der Waals surface area contributed by atoms with Gasteiger partial charge in [0.05, 0.1) is 13.2 Å². The van der Waals surface area contributed by atoms with Crippen molar-refractivity contribution in [3.8, 4) is 0 Å². The van der Waals surface area contributed by atoms with Gasteiger partial charge in [-0.3, -0.25) is 9.59 Å². The van der Waals surface area contributed by atoms with E-state index in [4.69, 9.17) is 16.3 Å². The summed E-state index contributed by atoms with van der Waals surface area (Å²) in [5, 5.41) is 5.40. The van der Waals surface area contributed by atoms with E-state index in [0.29, 0.717) is 25.1 Å². The molecule has 7 heteroatoms. The molecule has 110 valence electrons. The first-order valence-corrected chi connectivity index (χ1v) is 6.65. The van der Waals surface area contributed by atoms with Crippen LogP contribution in [0.2, 0.25) is 5.15 Å². The smallest absolute Gasteiger partial charge is 0.251 e. The molecule has 0 saturated heterocycles. The summed E-state index contributed by atoms with van der Waals surface area (Å²) in [7, 11) is 1.55. The number of hydrogen-bond acceptors (Lipinski definition) is 4. The molecule has 0 atom stereocenters. The Labute approximate surface area is 122 Å². The van der Waals surface area contributed by atoms with E-state index < -0.39 is 0 Å². The fourth-order valence-electron chi connectivity index (χ4n) is 1.48. The molecule has 0 bridgehead atoms. The Hall–Kier alpha value is -1.66. The maximum absolute atomic E-state index is 11.9. The van der Waals surface area contributed by atoms with Crippen LogP contribution in [0.5, 0.6) is 0 Å². The zero-order valence-electron chi connectivity index (χ0n) is 11.5. The lowest BCUT2D eigenvalue weighted by molar-refractivity contribution is -0.120. The quantitative estimate of drug-likeness (QED) is 0.576. The predicted molar refractivity (Wildman–Crippen MR) is 75.8 cm³/mol. The minimum Gasteiger partial charge on any atom is -0.383 e. The standard InChI is InChI=1S/C13H18ClN3O3/c1-3-10-6-9(7-11(14)17-10)13(19)16-8-12(18)15-4-5-20-2/h6-7H,3-5,8H2,1-2H3,(H,15,18)(H,16,19). The summed E-state index contributed by atoms with van der Waals surface area (Å²) in [6, 6.07) is 3.13. The normalized spacial score (nSPS) is 10.2. The van der Waals surface area contributed by atoms with Crippen LogP contribution in [0.25, 0.3) is 0 Å². The van der Waals surface area contributed by atoms with E-state index in [-0.39, 0.29) is 23.5 Å². The molecule has 1 aromatic heterocycles. The Kier molecular flexibility index (Phi) is 6.97. The highest BCUT2D eigenvalue weighted by Crippen LogP contribution is 2.11. The number of hydrogen-bond donors (Lipinski definition) is 2. The molecule has 0 fully saturated rings. The molecule has 6 nitrogen and oxygen atoms in total. The molecule has 0 saturated carbocycles. The highest BCUT2D eigenvalue weighted by molar-refractivity contribution is 6.29.